The molecule has 0 heterocycles. The summed E-state index contributed by atoms with van der Waals surface area (Å²) in [5.74, 6) is 0. The number of hydrogen-bond donors (Lipinski definition) is 2. The quantitative estimate of drug-likeness (QED) is 0.745. The van der Waals surface area contributed by atoms with E-state index in [0.29, 0.717) is 13.2 Å². The number of nitrogens with one attached hydrogen (secondary N) is 1. The first kappa shape index (κ1) is 11.4. The van der Waals surface area contributed by atoms with Gasteiger partial charge in [-0.15, -0.1) is 0 Å². The highest BCUT2D eigenvalue weighted by Gasteiger charge is 2.02. The van der Waals surface area contributed by atoms with E-state index in [1.807, 2.05) is 25.1 Å². The molecular formula is C11H16N2O2. The normalized spacial score (nSPS) is 9.73. The molecule has 0 atom stereocenters. The lowest BCUT2D eigenvalue weighted by Gasteiger charge is -2.08. The van der Waals surface area contributed by atoms with Gasteiger partial charge in [-0.3, -0.25) is 0 Å². The van der Waals surface area contributed by atoms with Gasteiger partial charge in [0.25, 0.3) is 0 Å². The number of alkyl carbamates (subject to hydrolysis) is 1. The zero-order valence-corrected chi connectivity index (χ0v) is 9.04. The van der Waals surface area contributed by atoms with Crippen molar-refractivity contribution in [2.24, 2.45) is 0 Å². The van der Waals surface area contributed by atoms with E-state index < -0.39 is 6.09 Å². The molecule has 0 unspecified atom stereocenters. The molecule has 0 aromatic heterocycles. The highest BCUT2D eigenvalue weighted by molar-refractivity contribution is 5.67. The fourth-order valence-corrected chi connectivity index (χ4v) is 1.27. The second-order valence-corrected chi connectivity index (χ2v) is 3.26. The predicted octanol–water partition coefficient (Wildman–Crippen LogP) is 1.82. The van der Waals surface area contributed by atoms with Crippen molar-refractivity contribution in [3.05, 3.63) is 29.3 Å². The van der Waals surface area contributed by atoms with Gasteiger partial charge >= 0.3 is 6.09 Å². The minimum atomic E-state index is -0.395. The van der Waals surface area contributed by atoms with E-state index in [2.05, 4.69) is 5.32 Å². The van der Waals surface area contributed by atoms with Gasteiger partial charge in [0.2, 0.25) is 0 Å². The summed E-state index contributed by atoms with van der Waals surface area (Å²) in [5, 5.41) is 2.66. The number of nitrogen functional groups attached to an aromatic ring is 1. The van der Waals surface area contributed by atoms with Gasteiger partial charge in [0.05, 0.1) is 6.61 Å². The van der Waals surface area contributed by atoms with Crippen LogP contribution in [-0.4, -0.2) is 12.7 Å². The van der Waals surface area contributed by atoms with Crippen LogP contribution in [-0.2, 0) is 11.3 Å². The third-order valence-corrected chi connectivity index (χ3v) is 2.07. The molecule has 4 nitrogen and oxygen atoms in total. The monoisotopic (exact) mass is 208 g/mol. The molecule has 0 bridgehead atoms. The zero-order valence-electron chi connectivity index (χ0n) is 9.04. The first-order chi connectivity index (χ1) is 7.13. The minimum Gasteiger partial charge on any atom is -0.450 e. The molecule has 1 amide bonds. The van der Waals surface area contributed by atoms with Crippen LogP contribution in [0.15, 0.2) is 18.2 Å². The highest BCUT2D eigenvalue weighted by Crippen LogP contribution is 2.11. The molecule has 0 saturated carbocycles. The lowest BCUT2D eigenvalue weighted by molar-refractivity contribution is 0.151. The lowest BCUT2D eigenvalue weighted by atomic mass is 10.1. The Bertz CT molecular complexity index is 350. The van der Waals surface area contributed by atoms with E-state index in [0.717, 1.165) is 16.8 Å². The van der Waals surface area contributed by atoms with Gasteiger partial charge in [0, 0.05) is 12.2 Å². The van der Waals surface area contributed by atoms with Crippen molar-refractivity contribution in [2.75, 3.05) is 12.3 Å². The Balaban J connectivity index is 2.54. The van der Waals surface area contributed by atoms with Gasteiger partial charge in [-0.2, -0.15) is 0 Å². The van der Waals surface area contributed by atoms with Crippen LogP contribution in [0.5, 0.6) is 0 Å². The Morgan fingerprint density at radius 2 is 2.27 bits per heavy atom. The number of benzene rings is 1. The number of rotatable bonds is 3. The number of ether oxygens (including phenoxy) is 1. The molecule has 0 saturated heterocycles. The fraction of sp³-hybridized carbons (Fsp3) is 0.364. The number of carbonyl (C=O) groups excluding carboxylic acids is 1. The molecule has 1 aromatic rings. The summed E-state index contributed by atoms with van der Waals surface area (Å²) >= 11 is 0. The smallest absolute Gasteiger partial charge is 0.407 e. The molecule has 4 heteroatoms. The second-order valence-electron chi connectivity index (χ2n) is 3.26. The molecule has 0 radical (unpaired) electrons. The maximum absolute atomic E-state index is 11.0. The van der Waals surface area contributed by atoms with Gasteiger partial charge in [0.15, 0.2) is 0 Å². The van der Waals surface area contributed by atoms with Crippen LogP contribution in [0.3, 0.4) is 0 Å². The van der Waals surface area contributed by atoms with Crippen LogP contribution >= 0.6 is 0 Å². The Kier molecular flexibility index (Phi) is 3.97. The summed E-state index contributed by atoms with van der Waals surface area (Å²) < 4.78 is 4.75. The Labute approximate surface area is 89.4 Å². The van der Waals surface area contributed by atoms with E-state index in [4.69, 9.17) is 10.5 Å². The maximum Gasteiger partial charge on any atom is 0.407 e. The number of carbonyl (C=O) groups is 1. The number of nitrogens with two attached hydrogens (primary N) is 1. The molecule has 1 aromatic carbocycles. The summed E-state index contributed by atoms with van der Waals surface area (Å²) in [4.78, 5) is 11.0. The first-order valence-corrected chi connectivity index (χ1v) is 4.89. The molecule has 1 rings (SSSR count). The average Bonchev–Trinajstić information content (AvgIpc) is 2.17. The molecule has 3 N–H and O–H groups in total. The minimum absolute atomic E-state index is 0.382. The van der Waals surface area contributed by atoms with Crippen LogP contribution in [0.2, 0.25) is 0 Å². The Morgan fingerprint density at radius 1 is 1.53 bits per heavy atom. The molecule has 0 aliphatic heterocycles. The molecule has 0 aliphatic carbocycles. The van der Waals surface area contributed by atoms with Crippen LogP contribution in [0.25, 0.3) is 0 Å². The molecule has 82 valence electrons. The number of anilines is 1. The van der Waals surface area contributed by atoms with Crippen molar-refractivity contribution in [2.45, 2.75) is 20.4 Å². The topological polar surface area (TPSA) is 64.3 Å². The van der Waals surface area contributed by atoms with Crippen molar-refractivity contribution < 1.29 is 9.53 Å². The molecule has 15 heavy (non-hydrogen) atoms. The summed E-state index contributed by atoms with van der Waals surface area (Å²) in [6.45, 7) is 4.57. The molecular weight excluding hydrogens is 192 g/mol. The number of amides is 1. The van der Waals surface area contributed by atoms with E-state index in [1.165, 1.54) is 0 Å². The summed E-state index contributed by atoms with van der Waals surface area (Å²) in [7, 11) is 0. The Morgan fingerprint density at radius 3 is 2.87 bits per heavy atom. The molecule has 0 fully saturated rings. The SMILES string of the molecule is CCOC(=O)NCc1ccc(N)cc1C. The summed E-state index contributed by atoms with van der Waals surface area (Å²) in [5.41, 5.74) is 8.45. The van der Waals surface area contributed by atoms with Crippen molar-refractivity contribution >= 4 is 11.8 Å². The number of aryl methyl sites for hydroxylation is 1. The predicted molar refractivity (Wildman–Crippen MR) is 59.5 cm³/mol. The highest BCUT2D eigenvalue weighted by atomic mass is 16.5. The second kappa shape index (κ2) is 5.24. The van der Waals surface area contributed by atoms with Crippen molar-refractivity contribution in [3.8, 4) is 0 Å². The van der Waals surface area contributed by atoms with Gasteiger partial charge in [0.1, 0.15) is 0 Å². The van der Waals surface area contributed by atoms with Crippen LogP contribution in [0.1, 0.15) is 18.1 Å². The van der Waals surface area contributed by atoms with Crippen LogP contribution < -0.4 is 11.1 Å². The molecule has 0 spiro atoms. The summed E-state index contributed by atoms with van der Waals surface area (Å²) in [6.07, 6.45) is -0.395. The van der Waals surface area contributed by atoms with E-state index in [-0.39, 0.29) is 0 Å². The number of hydrogen-bond acceptors (Lipinski definition) is 3. The van der Waals surface area contributed by atoms with Crippen molar-refractivity contribution in [1.29, 1.82) is 0 Å². The van der Waals surface area contributed by atoms with Crippen LogP contribution in [0.4, 0.5) is 10.5 Å². The first-order valence-electron chi connectivity index (χ1n) is 4.89. The standard InChI is InChI=1S/C11H16N2O2/c1-3-15-11(14)13-7-9-4-5-10(12)6-8(9)2/h4-6H,3,7,12H2,1-2H3,(H,13,14). The van der Waals surface area contributed by atoms with E-state index >= 15 is 0 Å². The van der Waals surface area contributed by atoms with Crippen molar-refractivity contribution in [1.82, 2.24) is 5.32 Å². The molecule has 0 aliphatic rings. The van der Waals surface area contributed by atoms with Crippen LogP contribution in [0, 0.1) is 6.92 Å². The third-order valence-electron chi connectivity index (χ3n) is 2.07. The van der Waals surface area contributed by atoms with Gasteiger partial charge in [-0.05, 0) is 37.1 Å². The third kappa shape index (κ3) is 3.50. The maximum atomic E-state index is 11.0. The zero-order chi connectivity index (χ0) is 11.3. The largest absolute Gasteiger partial charge is 0.450 e. The lowest BCUT2D eigenvalue weighted by Crippen LogP contribution is -2.24. The van der Waals surface area contributed by atoms with Gasteiger partial charge in [-0.1, -0.05) is 6.07 Å². The average molecular weight is 208 g/mol. The van der Waals surface area contributed by atoms with Gasteiger partial charge in [-0.25, -0.2) is 4.79 Å². The van der Waals surface area contributed by atoms with Gasteiger partial charge < -0.3 is 15.8 Å². The van der Waals surface area contributed by atoms with Crippen molar-refractivity contribution in [3.63, 3.8) is 0 Å². The summed E-state index contributed by atoms with van der Waals surface area (Å²) in [6, 6.07) is 5.59. The van der Waals surface area contributed by atoms with E-state index in [9.17, 15) is 4.79 Å². The fourth-order valence-electron chi connectivity index (χ4n) is 1.27. The Hall–Kier alpha value is -1.71. The van der Waals surface area contributed by atoms with E-state index in [1.54, 1.807) is 6.92 Å².